The summed E-state index contributed by atoms with van der Waals surface area (Å²) in [6.45, 7) is 12.7. The standard InChI is InChI=1S/C30H43N3O3/c1-6-20(2)28(32-29(35)27-15-22-10-11-25(34)14-23(22)17-31-27)19-33-13-12-30(4,21(3)18-33)24-8-7-9-26(16-24)36-5/h7-11,14,16,20-21,27-28,31,34H,6,12-13,15,17-19H2,1-5H3,(H,32,35)/t20-,21-,27+,28+,30-/m0/s1. The number of benzene rings is 2. The highest BCUT2D eigenvalue weighted by Gasteiger charge is 2.39. The van der Waals surface area contributed by atoms with Crippen LogP contribution in [-0.4, -0.2) is 54.7 Å². The molecule has 6 heteroatoms. The van der Waals surface area contributed by atoms with E-state index in [9.17, 15) is 9.90 Å². The third-order valence-corrected chi connectivity index (χ3v) is 8.88. The van der Waals surface area contributed by atoms with Crippen LogP contribution in [0, 0.1) is 11.8 Å². The highest BCUT2D eigenvalue weighted by molar-refractivity contribution is 5.82. The predicted molar refractivity (Wildman–Crippen MR) is 144 cm³/mol. The fourth-order valence-corrected chi connectivity index (χ4v) is 5.79. The van der Waals surface area contributed by atoms with Crippen molar-refractivity contribution in [1.29, 1.82) is 0 Å². The molecule has 3 N–H and O–H groups in total. The molecule has 0 saturated carbocycles. The van der Waals surface area contributed by atoms with E-state index in [2.05, 4.69) is 61.4 Å². The first-order valence-corrected chi connectivity index (χ1v) is 13.4. The summed E-state index contributed by atoms with van der Waals surface area (Å²) in [5, 5.41) is 16.5. The van der Waals surface area contributed by atoms with Crippen LogP contribution in [0.25, 0.3) is 0 Å². The van der Waals surface area contributed by atoms with Crippen molar-refractivity contribution in [3.63, 3.8) is 0 Å². The molecule has 5 atom stereocenters. The number of likely N-dealkylation sites (tertiary alicyclic amines) is 1. The third kappa shape index (κ3) is 5.70. The Hall–Kier alpha value is -2.57. The molecular formula is C30H43N3O3. The number of fused-ring (bicyclic) bond motifs is 1. The lowest BCUT2D eigenvalue weighted by Gasteiger charge is -2.46. The summed E-state index contributed by atoms with van der Waals surface area (Å²) in [5.41, 5.74) is 3.65. The second-order valence-corrected chi connectivity index (χ2v) is 11.2. The molecule has 2 heterocycles. The van der Waals surface area contributed by atoms with Crippen LogP contribution in [0.15, 0.2) is 42.5 Å². The van der Waals surface area contributed by atoms with Gasteiger partial charge in [-0.2, -0.15) is 0 Å². The Morgan fingerprint density at radius 1 is 1.28 bits per heavy atom. The molecular weight excluding hydrogens is 450 g/mol. The fraction of sp³-hybridized carbons (Fsp3) is 0.567. The fourth-order valence-electron chi connectivity index (χ4n) is 5.79. The molecule has 2 aromatic rings. The summed E-state index contributed by atoms with van der Waals surface area (Å²) >= 11 is 0. The van der Waals surface area contributed by atoms with Crippen LogP contribution >= 0.6 is 0 Å². The number of rotatable bonds is 8. The van der Waals surface area contributed by atoms with Gasteiger partial charge < -0.3 is 25.4 Å². The molecule has 1 saturated heterocycles. The van der Waals surface area contributed by atoms with E-state index in [0.29, 0.717) is 24.8 Å². The van der Waals surface area contributed by atoms with Crippen LogP contribution in [-0.2, 0) is 23.2 Å². The lowest BCUT2D eigenvalue weighted by atomic mass is 9.68. The van der Waals surface area contributed by atoms with Crippen molar-refractivity contribution in [3.8, 4) is 11.5 Å². The minimum absolute atomic E-state index is 0.0744. The Balaban J connectivity index is 1.39. The van der Waals surface area contributed by atoms with Gasteiger partial charge in [0.25, 0.3) is 0 Å². The SMILES string of the molecule is CC[C@H](C)[C@@H](CN1CC[C@](C)(c2cccc(OC)c2)[C@@H](C)C1)NC(=O)[C@H]1Cc2ccc(O)cc2CN1. The second-order valence-electron chi connectivity index (χ2n) is 11.2. The summed E-state index contributed by atoms with van der Waals surface area (Å²) < 4.78 is 5.48. The molecule has 0 aliphatic carbocycles. The van der Waals surface area contributed by atoms with Gasteiger partial charge in [0.1, 0.15) is 11.5 Å². The van der Waals surface area contributed by atoms with Gasteiger partial charge in [-0.3, -0.25) is 4.79 Å². The van der Waals surface area contributed by atoms with Gasteiger partial charge in [0.2, 0.25) is 5.91 Å². The van der Waals surface area contributed by atoms with E-state index in [1.165, 1.54) is 5.56 Å². The van der Waals surface area contributed by atoms with Gasteiger partial charge in [-0.1, -0.05) is 52.3 Å². The first-order chi connectivity index (χ1) is 17.2. The number of nitrogens with one attached hydrogen (secondary N) is 2. The number of carbonyl (C=O) groups excluding carboxylic acids is 1. The average molecular weight is 494 g/mol. The van der Waals surface area contributed by atoms with Gasteiger partial charge in [-0.15, -0.1) is 0 Å². The van der Waals surface area contributed by atoms with Gasteiger partial charge in [-0.05, 0) is 77.6 Å². The number of amides is 1. The maximum Gasteiger partial charge on any atom is 0.237 e. The predicted octanol–water partition coefficient (Wildman–Crippen LogP) is 4.25. The Labute approximate surface area is 216 Å². The molecule has 0 bridgehead atoms. The zero-order chi connectivity index (χ0) is 25.9. The molecule has 2 aliphatic heterocycles. The molecule has 6 nitrogen and oxygen atoms in total. The first-order valence-electron chi connectivity index (χ1n) is 13.4. The molecule has 1 fully saturated rings. The Kier molecular flexibility index (Phi) is 8.26. The monoisotopic (exact) mass is 493 g/mol. The van der Waals surface area contributed by atoms with E-state index in [1.54, 1.807) is 19.2 Å². The van der Waals surface area contributed by atoms with E-state index >= 15 is 0 Å². The van der Waals surface area contributed by atoms with Gasteiger partial charge in [0.05, 0.1) is 13.2 Å². The lowest BCUT2D eigenvalue weighted by Crippen LogP contribution is -2.56. The molecule has 0 radical (unpaired) electrons. The van der Waals surface area contributed by atoms with E-state index in [1.807, 2.05) is 12.1 Å². The largest absolute Gasteiger partial charge is 0.508 e. The minimum Gasteiger partial charge on any atom is -0.508 e. The zero-order valence-electron chi connectivity index (χ0n) is 22.5. The van der Waals surface area contributed by atoms with Crippen LogP contribution in [0.4, 0.5) is 0 Å². The van der Waals surface area contributed by atoms with Gasteiger partial charge in [-0.25, -0.2) is 0 Å². The Bertz CT molecular complexity index is 1060. The molecule has 0 spiro atoms. The number of phenols is 1. The summed E-state index contributed by atoms with van der Waals surface area (Å²) in [4.78, 5) is 15.8. The molecule has 196 valence electrons. The number of hydrogen-bond donors (Lipinski definition) is 3. The summed E-state index contributed by atoms with van der Waals surface area (Å²) in [6.07, 6.45) is 2.75. The van der Waals surface area contributed by atoms with Crippen molar-refractivity contribution in [2.24, 2.45) is 11.8 Å². The smallest absolute Gasteiger partial charge is 0.237 e. The van der Waals surface area contributed by atoms with E-state index < -0.39 is 0 Å². The number of phenolic OH excluding ortho intramolecular Hbond substituents is 1. The molecule has 0 unspecified atom stereocenters. The number of methoxy groups -OCH3 is 1. The Morgan fingerprint density at radius 3 is 2.81 bits per heavy atom. The van der Waals surface area contributed by atoms with Crippen LogP contribution < -0.4 is 15.4 Å². The van der Waals surface area contributed by atoms with E-state index in [0.717, 1.165) is 49.4 Å². The molecule has 2 aliphatic rings. The zero-order valence-corrected chi connectivity index (χ0v) is 22.5. The van der Waals surface area contributed by atoms with Crippen LogP contribution in [0.5, 0.6) is 11.5 Å². The highest BCUT2D eigenvalue weighted by Crippen LogP contribution is 2.40. The van der Waals surface area contributed by atoms with E-state index in [-0.39, 0.29) is 29.2 Å². The number of carbonyl (C=O) groups is 1. The first kappa shape index (κ1) is 26.5. The second kappa shape index (κ2) is 11.2. The maximum absolute atomic E-state index is 13.3. The molecule has 1 amide bonds. The van der Waals surface area contributed by atoms with Crippen molar-refractivity contribution in [3.05, 3.63) is 59.2 Å². The third-order valence-electron chi connectivity index (χ3n) is 8.88. The van der Waals surface area contributed by atoms with Gasteiger partial charge in [0.15, 0.2) is 0 Å². The number of ether oxygens (including phenoxy) is 1. The Morgan fingerprint density at radius 2 is 2.08 bits per heavy atom. The highest BCUT2D eigenvalue weighted by atomic mass is 16.5. The quantitative estimate of drug-likeness (QED) is 0.513. The average Bonchev–Trinajstić information content (AvgIpc) is 2.89. The molecule has 0 aromatic heterocycles. The number of hydrogen-bond acceptors (Lipinski definition) is 5. The van der Waals surface area contributed by atoms with Crippen molar-refractivity contribution in [1.82, 2.24) is 15.5 Å². The summed E-state index contributed by atoms with van der Waals surface area (Å²) in [7, 11) is 1.73. The van der Waals surface area contributed by atoms with Gasteiger partial charge in [0, 0.05) is 25.7 Å². The topological polar surface area (TPSA) is 73.8 Å². The number of aromatic hydroxyl groups is 1. The molecule has 2 aromatic carbocycles. The number of piperidine rings is 1. The molecule has 4 rings (SSSR count). The summed E-state index contributed by atoms with van der Waals surface area (Å²) in [6, 6.07) is 13.8. The maximum atomic E-state index is 13.3. The summed E-state index contributed by atoms with van der Waals surface area (Å²) in [5.74, 6) is 2.14. The van der Waals surface area contributed by atoms with Crippen molar-refractivity contribution in [2.45, 2.75) is 71.0 Å². The minimum atomic E-state index is -0.245. The van der Waals surface area contributed by atoms with Crippen molar-refractivity contribution in [2.75, 3.05) is 26.7 Å². The van der Waals surface area contributed by atoms with Crippen LogP contribution in [0.2, 0.25) is 0 Å². The lowest BCUT2D eigenvalue weighted by molar-refractivity contribution is -0.124. The van der Waals surface area contributed by atoms with Crippen LogP contribution in [0.1, 0.15) is 57.2 Å². The van der Waals surface area contributed by atoms with Crippen LogP contribution in [0.3, 0.4) is 0 Å². The van der Waals surface area contributed by atoms with E-state index in [4.69, 9.17) is 4.74 Å². The normalized spacial score (nSPS) is 26.0. The molecule has 36 heavy (non-hydrogen) atoms. The van der Waals surface area contributed by atoms with Crippen molar-refractivity contribution >= 4 is 5.91 Å². The number of nitrogens with zero attached hydrogens (tertiary/aromatic N) is 1. The van der Waals surface area contributed by atoms with Crippen molar-refractivity contribution < 1.29 is 14.6 Å². The van der Waals surface area contributed by atoms with Gasteiger partial charge >= 0.3 is 0 Å².